The van der Waals surface area contributed by atoms with E-state index in [1.54, 1.807) is 6.07 Å². The normalized spacial score (nSPS) is 20.1. The van der Waals surface area contributed by atoms with Crippen LogP contribution in [0.2, 0.25) is 0 Å². The van der Waals surface area contributed by atoms with E-state index in [4.69, 9.17) is 0 Å². The lowest BCUT2D eigenvalue weighted by atomic mass is 9.74. The number of likely N-dealkylation sites (tertiary alicyclic amines) is 1. The number of carboxylic acids is 1. The Labute approximate surface area is 125 Å². The molecule has 1 saturated heterocycles. The topological polar surface area (TPSA) is 40.5 Å². The summed E-state index contributed by atoms with van der Waals surface area (Å²) in [6, 6.07) is 6.81. The molecule has 0 saturated carbocycles. The van der Waals surface area contributed by atoms with Crippen LogP contribution < -0.4 is 0 Å². The summed E-state index contributed by atoms with van der Waals surface area (Å²) in [5.41, 5.74) is 0.107. The van der Waals surface area contributed by atoms with Crippen LogP contribution in [-0.4, -0.2) is 29.1 Å². The van der Waals surface area contributed by atoms with Crippen LogP contribution in [0.25, 0.3) is 0 Å². The summed E-state index contributed by atoms with van der Waals surface area (Å²) < 4.78 is 13.9. The number of nitrogens with zero attached hydrogens (tertiary/aromatic N) is 1. The monoisotopic (exact) mass is 293 g/mol. The molecule has 0 amide bonds. The van der Waals surface area contributed by atoms with Crippen LogP contribution in [0.4, 0.5) is 4.39 Å². The Kier molecular flexibility index (Phi) is 4.99. The predicted molar refractivity (Wildman–Crippen MR) is 80.6 cm³/mol. The van der Waals surface area contributed by atoms with Gasteiger partial charge in [0.15, 0.2) is 0 Å². The first-order chi connectivity index (χ1) is 10.00. The molecule has 4 heteroatoms. The molecule has 0 aliphatic carbocycles. The molecule has 1 aliphatic heterocycles. The third-order valence-corrected chi connectivity index (χ3v) is 4.84. The first kappa shape index (κ1) is 16.0. The van der Waals surface area contributed by atoms with Crippen LogP contribution in [0, 0.1) is 11.2 Å². The molecule has 0 radical (unpaired) electrons. The molecule has 0 bridgehead atoms. The van der Waals surface area contributed by atoms with Gasteiger partial charge in [0.2, 0.25) is 0 Å². The van der Waals surface area contributed by atoms with E-state index in [1.165, 1.54) is 6.07 Å². The summed E-state index contributed by atoms with van der Waals surface area (Å²) >= 11 is 0. The number of hydrogen-bond acceptors (Lipinski definition) is 2. The van der Waals surface area contributed by atoms with E-state index >= 15 is 0 Å². The van der Waals surface area contributed by atoms with Gasteiger partial charge in [-0.1, -0.05) is 31.5 Å². The van der Waals surface area contributed by atoms with Crippen LogP contribution in [0.5, 0.6) is 0 Å². The molecular weight excluding hydrogens is 269 g/mol. The van der Waals surface area contributed by atoms with Crippen molar-refractivity contribution in [2.45, 2.75) is 45.6 Å². The van der Waals surface area contributed by atoms with Crippen molar-refractivity contribution in [1.82, 2.24) is 4.90 Å². The molecule has 21 heavy (non-hydrogen) atoms. The first-order valence-corrected chi connectivity index (χ1v) is 7.72. The molecule has 1 aromatic rings. The minimum atomic E-state index is -0.678. The quantitative estimate of drug-likeness (QED) is 0.896. The Hall–Kier alpha value is -1.42. The highest BCUT2D eigenvalue weighted by Crippen LogP contribution is 2.39. The van der Waals surface area contributed by atoms with Crippen molar-refractivity contribution in [2.24, 2.45) is 5.41 Å². The number of hydrogen-bond donors (Lipinski definition) is 1. The number of benzene rings is 1. The molecule has 1 heterocycles. The van der Waals surface area contributed by atoms with Crippen molar-refractivity contribution in [3.63, 3.8) is 0 Å². The lowest BCUT2D eigenvalue weighted by Crippen LogP contribution is -2.45. The van der Waals surface area contributed by atoms with E-state index in [0.29, 0.717) is 31.5 Å². The van der Waals surface area contributed by atoms with Gasteiger partial charge < -0.3 is 5.11 Å². The molecule has 0 aromatic heterocycles. The van der Waals surface area contributed by atoms with E-state index in [-0.39, 0.29) is 11.9 Å². The fourth-order valence-corrected chi connectivity index (χ4v) is 3.40. The fraction of sp³-hybridized carbons (Fsp3) is 0.588. The number of carboxylic acid groups (broad SMARTS) is 1. The van der Waals surface area contributed by atoms with E-state index in [9.17, 15) is 14.3 Å². The van der Waals surface area contributed by atoms with Gasteiger partial charge in [0.05, 0.1) is 5.41 Å². The van der Waals surface area contributed by atoms with Crippen molar-refractivity contribution in [3.8, 4) is 0 Å². The van der Waals surface area contributed by atoms with Crippen LogP contribution in [0.1, 0.15) is 51.1 Å². The van der Waals surface area contributed by atoms with Crippen molar-refractivity contribution >= 4 is 5.97 Å². The van der Waals surface area contributed by atoms with Crippen LogP contribution in [-0.2, 0) is 4.79 Å². The van der Waals surface area contributed by atoms with Gasteiger partial charge in [0, 0.05) is 11.6 Å². The van der Waals surface area contributed by atoms with Crippen molar-refractivity contribution < 1.29 is 14.3 Å². The zero-order valence-corrected chi connectivity index (χ0v) is 12.8. The largest absolute Gasteiger partial charge is 0.481 e. The standard InChI is InChI=1S/C17H24FNO2/c1-3-8-17(16(20)21)9-11-19(12-10-17)13(2)14-6-4-5-7-15(14)18/h4-7,13H,3,8-12H2,1-2H3,(H,20,21). The number of aliphatic carboxylic acids is 1. The van der Waals surface area contributed by atoms with Crippen LogP contribution in [0.3, 0.4) is 0 Å². The fourth-order valence-electron chi connectivity index (χ4n) is 3.40. The van der Waals surface area contributed by atoms with Crippen molar-refractivity contribution in [3.05, 3.63) is 35.6 Å². The van der Waals surface area contributed by atoms with Gasteiger partial charge in [-0.3, -0.25) is 9.69 Å². The Morgan fingerprint density at radius 3 is 2.52 bits per heavy atom. The minimum Gasteiger partial charge on any atom is -0.481 e. The van der Waals surface area contributed by atoms with E-state index in [1.807, 2.05) is 26.0 Å². The van der Waals surface area contributed by atoms with Gasteiger partial charge in [0.25, 0.3) is 0 Å². The average molecular weight is 293 g/mol. The molecule has 0 spiro atoms. The molecule has 1 fully saturated rings. The second-order valence-corrected chi connectivity index (χ2v) is 6.07. The summed E-state index contributed by atoms with van der Waals surface area (Å²) in [6.45, 7) is 5.44. The van der Waals surface area contributed by atoms with Gasteiger partial charge in [-0.05, 0) is 45.3 Å². The second kappa shape index (κ2) is 6.56. The molecule has 3 nitrogen and oxygen atoms in total. The molecule has 2 rings (SSSR count). The number of rotatable bonds is 5. The molecule has 1 aliphatic rings. The maximum atomic E-state index is 13.9. The van der Waals surface area contributed by atoms with Crippen molar-refractivity contribution in [1.29, 1.82) is 0 Å². The maximum absolute atomic E-state index is 13.9. The highest BCUT2D eigenvalue weighted by atomic mass is 19.1. The SMILES string of the molecule is CCCC1(C(=O)O)CCN(C(C)c2ccccc2F)CC1. The molecule has 116 valence electrons. The van der Waals surface area contributed by atoms with Gasteiger partial charge in [-0.2, -0.15) is 0 Å². The molecule has 1 unspecified atom stereocenters. The summed E-state index contributed by atoms with van der Waals surface area (Å²) in [6.07, 6.45) is 2.91. The minimum absolute atomic E-state index is 0.0142. The van der Waals surface area contributed by atoms with E-state index < -0.39 is 11.4 Å². The van der Waals surface area contributed by atoms with E-state index in [0.717, 1.165) is 12.8 Å². The highest BCUT2D eigenvalue weighted by Gasteiger charge is 2.41. The summed E-state index contributed by atoms with van der Waals surface area (Å²) in [7, 11) is 0. The molecule has 1 N–H and O–H groups in total. The second-order valence-electron chi connectivity index (χ2n) is 6.07. The Morgan fingerprint density at radius 2 is 2.00 bits per heavy atom. The Balaban J connectivity index is 2.07. The van der Waals surface area contributed by atoms with E-state index in [2.05, 4.69) is 4.90 Å². The van der Waals surface area contributed by atoms with Crippen molar-refractivity contribution in [2.75, 3.05) is 13.1 Å². The number of piperidine rings is 1. The predicted octanol–water partition coefficient (Wildman–Crippen LogP) is 3.85. The van der Waals surface area contributed by atoms with Gasteiger partial charge in [-0.25, -0.2) is 4.39 Å². The third-order valence-electron chi connectivity index (χ3n) is 4.84. The maximum Gasteiger partial charge on any atom is 0.309 e. The van der Waals surface area contributed by atoms with Gasteiger partial charge in [-0.15, -0.1) is 0 Å². The smallest absolute Gasteiger partial charge is 0.309 e. The van der Waals surface area contributed by atoms with Gasteiger partial charge >= 0.3 is 5.97 Å². The highest BCUT2D eigenvalue weighted by molar-refractivity contribution is 5.74. The zero-order valence-electron chi connectivity index (χ0n) is 12.8. The van der Waals surface area contributed by atoms with Crippen LogP contribution >= 0.6 is 0 Å². The van der Waals surface area contributed by atoms with Crippen LogP contribution in [0.15, 0.2) is 24.3 Å². The Bertz CT molecular complexity index is 495. The number of halogens is 1. The first-order valence-electron chi connectivity index (χ1n) is 7.72. The summed E-state index contributed by atoms with van der Waals surface area (Å²) in [5, 5.41) is 9.53. The zero-order chi connectivity index (χ0) is 15.5. The molecular formula is C17H24FNO2. The number of carbonyl (C=O) groups is 1. The average Bonchev–Trinajstić information content (AvgIpc) is 2.48. The molecule has 1 aromatic carbocycles. The lowest BCUT2D eigenvalue weighted by molar-refractivity contribution is -0.153. The summed E-state index contributed by atoms with van der Waals surface area (Å²) in [4.78, 5) is 13.8. The lowest BCUT2D eigenvalue weighted by Gasteiger charge is -2.41. The third kappa shape index (κ3) is 3.26. The molecule has 1 atom stereocenters. The Morgan fingerprint density at radius 1 is 1.38 bits per heavy atom. The van der Waals surface area contributed by atoms with Gasteiger partial charge in [0.1, 0.15) is 5.82 Å². The summed E-state index contributed by atoms with van der Waals surface area (Å²) in [5.74, 6) is -0.865.